The van der Waals surface area contributed by atoms with Crippen molar-refractivity contribution in [3.05, 3.63) is 72.1 Å². The Bertz CT molecular complexity index is 712. The van der Waals surface area contributed by atoms with Crippen molar-refractivity contribution in [1.82, 2.24) is 15.3 Å². The summed E-state index contributed by atoms with van der Waals surface area (Å²) in [5.74, 6) is 0.120. The normalized spacial score (nSPS) is 10.7. The largest absolute Gasteiger partial charge is 0.444 e. The number of oxazole rings is 1. The summed E-state index contributed by atoms with van der Waals surface area (Å²) in [6.45, 7) is 1.28. The van der Waals surface area contributed by atoms with Crippen LogP contribution in [-0.4, -0.2) is 9.97 Å². The van der Waals surface area contributed by atoms with Crippen LogP contribution in [0.5, 0.6) is 0 Å². The number of halogens is 1. The van der Waals surface area contributed by atoms with Gasteiger partial charge in [-0.15, -0.1) is 0 Å². The van der Waals surface area contributed by atoms with Crippen molar-refractivity contribution in [1.29, 1.82) is 0 Å². The van der Waals surface area contributed by atoms with Crippen LogP contribution in [0.4, 0.5) is 4.39 Å². The molecule has 0 radical (unpaired) electrons. The second-order valence-corrected chi connectivity index (χ2v) is 4.62. The minimum atomic E-state index is -0.304. The van der Waals surface area contributed by atoms with Crippen LogP contribution in [-0.2, 0) is 13.1 Å². The number of aromatic nitrogens is 2. The molecule has 0 fully saturated rings. The van der Waals surface area contributed by atoms with E-state index >= 15 is 0 Å². The molecule has 0 atom stereocenters. The molecule has 1 N–H and O–H groups in total. The zero-order valence-electron chi connectivity index (χ0n) is 11.3. The molecule has 0 bridgehead atoms. The lowest BCUT2D eigenvalue weighted by Gasteiger charge is -2.01. The minimum Gasteiger partial charge on any atom is -0.444 e. The predicted molar refractivity (Wildman–Crippen MR) is 76.7 cm³/mol. The molecule has 0 aliphatic heterocycles. The Hall–Kier alpha value is -2.53. The number of hydrogen-bond donors (Lipinski definition) is 1. The molecule has 1 aromatic carbocycles. The maximum atomic E-state index is 13.2. The standard InChI is InChI=1S/C16H14FN3O/c17-14-5-1-4-13(7-14)16-20-15(11-21-16)10-19-9-12-3-2-6-18-8-12/h1-8,11,19H,9-10H2. The molecule has 106 valence electrons. The first-order chi connectivity index (χ1) is 10.3. The van der Waals surface area contributed by atoms with E-state index in [-0.39, 0.29) is 5.82 Å². The molecule has 2 heterocycles. The van der Waals surface area contributed by atoms with Gasteiger partial charge in [0.2, 0.25) is 5.89 Å². The van der Waals surface area contributed by atoms with Gasteiger partial charge >= 0.3 is 0 Å². The van der Waals surface area contributed by atoms with Crippen LogP contribution in [0.3, 0.4) is 0 Å². The highest BCUT2D eigenvalue weighted by molar-refractivity contribution is 5.52. The summed E-state index contributed by atoms with van der Waals surface area (Å²) < 4.78 is 18.5. The van der Waals surface area contributed by atoms with Crippen LogP contribution in [0.1, 0.15) is 11.3 Å². The summed E-state index contributed by atoms with van der Waals surface area (Å²) in [7, 11) is 0. The Morgan fingerprint density at radius 3 is 2.90 bits per heavy atom. The lowest BCUT2D eigenvalue weighted by Crippen LogP contribution is -2.12. The van der Waals surface area contributed by atoms with Crippen molar-refractivity contribution < 1.29 is 8.81 Å². The Balaban J connectivity index is 1.60. The van der Waals surface area contributed by atoms with E-state index in [4.69, 9.17) is 4.42 Å². The van der Waals surface area contributed by atoms with Crippen LogP contribution >= 0.6 is 0 Å². The third kappa shape index (κ3) is 3.52. The highest BCUT2D eigenvalue weighted by atomic mass is 19.1. The van der Waals surface area contributed by atoms with Crippen molar-refractivity contribution in [3.63, 3.8) is 0 Å². The number of nitrogens with zero attached hydrogens (tertiary/aromatic N) is 2. The van der Waals surface area contributed by atoms with E-state index in [1.165, 1.54) is 12.1 Å². The minimum absolute atomic E-state index is 0.304. The van der Waals surface area contributed by atoms with Gasteiger partial charge in [0.05, 0.1) is 5.69 Å². The molecule has 0 saturated carbocycles. The quantitative estimate of drug-likeness (QED) is 0.781. The molecule has 3 rings (SSSR count). The Morgan fingerprint density at radius 2 is 2.10 bits per heavy atom. The molecule has 0 spiro atoms. The second-order valence-electron chi connectivity index (χ2n) is 4.62. The van der Waals surface area contributed by atoms with E-state index in [0.717, 1.165) is 11.3 Å². The van der Waals surface area contributed by atoms with Gasteiger partial charge in [0.1, 0.15) is 12.1 Å². The van der Waals surface area contributed by atoms with Gasteiger partial charge in [-0.25, -0.2) is 9.37 Å². The zero-order chi connectivity index (χ0) is 14.5. The van der Waals surface area contributed by atoms with Crippen molar-refractivity contribution in [2.45, 2.75) is 13.1 Å². The van der Waals surface area contributed by atoms with E-state index in [1.807, 2.05) is 18.3 Å². The van der Waals surface area contributed by atoms with Crippen LogP contribution in [0, 0.1) is 5.82 Å². The van der Waals surface area contributed by atoms with Gasteiger partial charge in [-0.3, -0.25) is 4.98 Å². The Kier molecular flexibility index (Phi) is 4.02. The molecule has 0 aliphatic carbocycles. The van der Waals surface area contributed by atoms with Gasteiger partial charge in [-0.2, -0.15) is 0 Å². The molecule has 5 heteroatoms. The van der Waals surface area contributed by atoms with Crippen molar-refractivity contribution in [2.75, 3.05) is 0 Å². The molecular weight excluding hydrogens is 269 g/mol. The highest BCUT2D eigenvalue weighted by Gasteiger charge is 2.07. The summed E-state index contributed by atoms with van der Waals surface area (Å²) >= 11 is 0. The third-order valence-corrected chi connectivity index (χ3v) is 2.98. The van der Waals surface area contributed by atoms with Gasteiger partial charge in [0, 0.05) is 31.0 Å². The maximum absolute atomic E-state index is 13.2. The summed E-state index contributed by atoms with van der Waals surface area (Å²) in [6.07, 6.45) is 5.14. The number of benzene rings is 1. The SMILES string of the molecule is Fc1cccc(-c2nc(CNCc3cccnc3)co2)c1. The van der Waals surface area contributed by atoms with Crippen LogP contribution in [0.2, 0.25) is 0 Å². The molecule has 3 aromatic rings. The number of nitrogens with one attached hydrogen (secondary N) is 1. The predicted octanol–water partition coefficient (Wildman–Crippen LogP) is 3.17. The molecule has 21 heavy (non-hydrogen) atoms. The maximum Gasteiger partial charge on any atom is 0.226 e. The first-order valence-corrected chi connectivity index (χ1v) is 6.61. The number of rotatable bonds is 5. The van der Waals surface area contributed by atoms with Gasteiger partial charge in [0.25, 0.3) is 0 Å². The van der Waals surface area contributed by atoms with Crippen molar-refractivity contribution >= 4 is 0 Å². The van der Waals surface area contributed by atoms with Crippen molar-refractivity contribution in [2.24, 2.45) is 0 Å². The van der Waals surface area contributed by atoms with E-state index in [9.17, 15) is 4.39 Å². The van der Waals surface area contributed by atoms with Crippen molar-refractivity contribution in [3.8, 4) is 11.5 Å². The van der Waals surface area contributed by atoms with Gasteiger partial charge < -0.3 is 9.73 Å². The number of pyridine rings is 1. The van der Waals surface area contributed by atoms with E-state index in [0.29, 0.717) is 24.5 Å². The third-order valence-electron chi connectivity index (χ3n) is 2.98. The molecule has 0 saturated heterocycles. The smallest absolute Gasteiger partial charge is 0.226 e. The fourth-order valence-electron chi connectivity index (χ4n) is 1.98. The summed E-state index contributed by atoms with van der Waals surface area (Å²) in [5, 5.41) is 3.26. The molecule has 0 amide bonds. The zero-order valence-corrected chi connectivity index (χ0v) is 11.3. The van der Waals surface area contributed by atoms with Crippen LogP contribution in [0.15, 0.2) is 59.5 Å². The molecule has 0 aliphatic rings. The average Bonchev–Trinajstić information content (AvgIpc) is 2.97. The molecular formula is C16H14FN3O. The van der Waals surface area contributed by atoms with E-state index < -0.39 is 0 Å². The second kappa shape index (κ2) is 6.28. The Morgan fingerprint density at radius 1 is 1.14 bits per heavy atom. The topological polar surface area (TPSA) is 51.0 Å². The number of hydrogen-bond acceptors (Lipinski definition) is 4. The lowest BCUT2D eigenvalue weighted by molar-refractivity contribution is 0.568. The molecule has 4 nitrogen and oxygen atoms in total. The van der Waals surface area contributed by atoms with Crippen LogP contribution in [0.25, 0.3) is 11.5 Å². The first kappa shape index (κ1) is 13.5. The van der Waals surface area contributed by atoms with Crippen LogP contribution < -0.4 is 5.32 Å². The van der Waals surface area contributed by atoms with Gasteiger partial charge in [-0.05, 0) is 29.8 Å². The fourth-order valence-corrected chi connectivity index (χ4v) is 1.98. The summed E-state index contributed by atoms with van der Waals surface area (Å²) in [6, 6.07) is 10.1. The monoisotopic (exact) mass is 283 g/mol. The van der Waals surface area contributed by atoms with E-state index in [1.54, 1.807) is 24.6 Å². The fraction of sp³-hybridized carbons (Fsp3) is 0.125. The molecule has 2 aromatic heterocycles. The van der Waals surface area contributed by atoms with Gasteiger partial charge in [0.15, 0.2) is 0 Å². The average molecular weight is 283 g/mol. The van der Waals surface area contributed by atoms with Gasteiger partial charge in [-0.1, -0.05) is 12.1 Å². The molecule has 0 unspecified atom stereocenters. The lowest BCUT2D eigenvalue weighted by atomic mass is 10.2. The summed E-state index contributed by atoms with van der Waals surface area (Å²) in [4.78, 5) is 8.39. The highest BCUT2D eigenvalue weighted by Crippen LogP contribution is 2.19. The first-order valence-electron chi connectivity index (χ1n) is 6.61. The Labute approximate surface area is 121 Å². The van der Waals surface area contributed by atoms with E-state index in [2.05, 4.69) is 15.3 Å². The summed E-state index contributed by atoms with van der Waals surface area (Å²) in [5.41, 5.74) is 2.51.